The molecule has 126 valence electrons. The number of hydrogen-bond donors (Lipinski definition) is 1. The van der Waals surface area contributed by atoms with Crippen LogP contribution in [0.5, 0.6) is 0 Å². The lowest BCUT2D eigenvalue weighted by atomic mass is 9.95. The summed E-state index contributed by atoms with van der Waals surface area (Å²) in [7, 11) is 0. The van der Waals surface area contributed by atoms with Crippen molar-refractivity contribution in [1.82, 2.24) is 0 Å². The first kappa shape index (κ1) is 18.6. The standard InChI is InChI=1S/C16H19FO6/c1-5-22-14(21)16(17,13(19)20)11-8-6-10(7-9-11)12(18)23-15(2,3)4/h6-9H,5H2,1-4H3,(H,19,20). The fourth-order valence-electron chi connectivity index (χ4n) is 1.73. The van der Waals surface area contributed by atoms with Crippen molar-refractivity contribution < 1.29 is 33.4 Å². The van der Waals surface area contributed by atoms with E-state index in [1.807, 2.05) is 0 Å². The van der Waals surface area contributed by atoms with E-state index in [9.17, 15) is 18.8 Å². The predicted octanol–water partition coefficient (Wildman–Crippen LogP) is 2.45. The van der Waals surface area contributed by atoms with Crippen LogP contribution in [0.25, 0.3) is 0 Å². The predicted molar refractivity (Wildman–Crippen MR) is 78.7 cm³/mol. The second kappa shape index (κ2) is 6.76. The van der Waals surface area contributed by atoms with E-state index in [0.717, 1.165) is 12.1 Å². The Morgan fingerprint density at radius 3 is 2.04 bits per heavy atom. The summed E-state index contributed by atoms with van der Waals surface area (Å²) in [6.07, 6.45) is 0. The first-order chi connectivity index (χ1) is 10.5. The molecule has 0 saturated heterocycles. The van der Waals surface area contributed by atoms with Gasteiger partial charge in [0.1, 0.15) is 5.60 Å². The van der Waals surface area contributed by atoms with Gasteiger partial charge in [-0.05, 0) is 39.8 Å². The summed E-state index contributed by atoms with van der Waals surface area (Å²) >= 11 is 0. The maximum atomic E-state index is 14.6. The molecule has 0 amide bonds. The Hall–Kier alpha value is -2.44. The maximum Gasteiger partial charge on any atom is 0.360 e. The monoisotopic (exact) mass is 326 g/mol. The zero-order valence-electron chi connectivity index (χ0n) is 13.4. The van der Waals surface area contributed by atoms with Gasteiger partial charge in [0.25, 0.3) is 0 Å². The molecular formula is C16H19FO6. The average Bonchev–Trinajstić information content (AvgIpc) is 2.44. The lowest BCUT2D eigenvalue weighted by Gasteiger charge is -2.21. The van der Waals surface area contributed by atoms with Gasteiger partial charge < -0.3 is 14.6 Å². The zero-order valence-corrected chi connectivity index (χ0v) is 13.4. The van der Waals surface area contributed by atoms with E-state index in [4.69, 9.17) is 9.84 Å². The highest BCUT2D eigenvalue weighted by Gasteiger charge is 2.50. The zero-order chi connectivity index (χ0) is 17.8. The van der Waals surface area contributed by atoms with Crippen molar-refractivity contribution >= 4 is 17.9 Å². The van der Waals surface area contributed by atoms with Gasteiger partial charge in [0.15, 0.2) is 0 Å². The number of carboxylic acid groups (broad SMARTS) is 1. The minimum atomic E-state index is -3.33. The number of carboxylic acids is 1. The number of aliphatic carboxylic acids is 1. The fraction of sp³-hybridized carbons (Fsp3) is 0.438. The highest BCUT2D eigenvalue weighted by molar-refractivity contribution is 6.03. The largest absolute Gasteiger partial charge is 0.478 e. The molecule has 1 rings (SSSR count). The Bertz CT molecular complexity index is 602. The Labute approximate surface area is 133 Å². The Kier molecular flexibility index (Phi) is 5.47. The fourth-order valence-corrected chi connectivity index (χ4v) is 1.73. The molecule has 1 unspecified atom stereocenters. The quantitative estimate of drug-likeness (QED) is 0.660. The summed E-state index contributed by atoms with van der Waals surface area (Å²) in [6.45, 7) is 6.35. The molecule has 23 heavy (non-hydrogen) atoms. The third-order valence-electron chi connectivity index (χ3n) is 2.77. The maximum absolute atomic E-state index is 14.6. The van der Waals surface area contributed by atoms with Crippen LogP contribution >= 0.6 is 0 Å². The number of benzene rings is 1. The summed E-state index contributed by atoms with van der Waals surface area (Å²) in [5.74, 6) is -4.14. The topological polar surface area (TPSA) is 89.9 Å². The molecule has 0 radical (unpaired) electrons. The van der Waals surface area contributed by atoms with Crippen LogP contribution in [0.15, 0.2) is 24.3 Å². The molecule has 0 aliphatic heterocycles. The molecule has 1 aromatic rings. The van der Waals surface area contributed by atoms with Crippen molar-refractivity contribution in [3.05, 3.63) is 35.4 Å². The van der Waals surface area contributed by atoms with Crippen LogP contribution in [0.1, 0.15) is 43.6 Å². The number of rotatable bonds is 5. The lowest BCUT2D eigenvalue weighted by Crippen LogP contribution is -2.41. The number of carbonyl (C=O) groups is 3. The number of halogens is 1. The first-order valence-corrected chi connectivity index (χ1v) is 6.95. The molecule has 0 aliphatic rings. The SMILES string of the molecule is CCOC(=O)C(F)(C(=O)O)c1ccc(C(=O)OC(C)(C)C)cc1. The summed E-state index contributed by atoms with van der Waals surface area (Å²) in [6, 6.07) is 4.48. The van der Waals surface area contributed by atoms with Crippen molar-refractivity contribution in [2.45, 2.75) is 39.0 Å². The van der Waals surface area contributed by atoms with Gasteiger partial charge in [-0.1, -0.05) is 12.1 Å². The first-order valence-electron chi connectivity index (χ1n) is 6.95. The van der Waals surface area contributed by atoms with Crippen molar-refractivity contribution in [2.75, 3.05) is 6.61 Å². The number of esters is 2. The summed E-state index contributed by atoms with van der Waals surface area (Å²) in [4.78, 5) is 34.7. The molecule has 7 heteroatoms. The van der Waals surface area contributed by atoms with Gasteiger partial charge in [0.2, 0.25) is 0 Å². The molecule has 6 nitrogen and oxygen atoms in total. The van der Waals surface area contributed by atoms with Crippen molar-refractivity contribution in [3.63, 3.8) is 0 Å². The van der Waals surface area contributed by atoms with E-state index < -0.39 is 34.7 Å². The van der Waals surface area contributed by atoms with Crippen LogP contribution in [-0.4, -0.2) is 35.2 Å². The molecule has 0 bridgehead atoms. The van der Waals surface area contributed by atoms with E-state index in [0.29, 0.717) is 0 Å². The van der Waals surface area contributed by atoms with Crippen LogP contribution in [-0.2, 0) is 24.7 Å². The number of alkyl halides is 1. The lowest BCUT2D eigenvalue weighted by molar-refractivity contribution is -0.171. The summed E-state index contributed by atoms with van der Waals surface area (Å²) < 4.78 is 24.3. The second-order valence-corrected chi connectivity index (χ2v) is 5.76. The van der Waals surface area contributed by atoms with Crippen LogP contribution in [0.4, 0.5) is 4.39 Å². The third-order valence-corrected chi connectivity index (χ3v) is 2.77. The van der Waals surface area contributed by atoms with Gasteiger partial charge in [-0.15, -0.1) is 0 Å². The summed E-state index contributed by atoms with van der Waals surface area (Å²) in [5.41, 5.74) is -4.36. The Morgan fingerprint density at radius 1 is 1.13 bits per heavy atom. The molecule has 0 saturated carbocycles. The van der Waals surface area contributed by atoms with Gasteiger partial charge in [-0.3, -0.25) is 0 Å². The number of carbonyl (C=O) groups excluding carboxylic acids is 2. The van der Waals surface area contributed by atoms with E-state index in [1.165, 1.54) is 19.1 Å². The van der Waals surface area contributed by atoms with Gasteiger partial charge in [0.05, 0.1) is 12.2 Å². The van der Waals surface area contributed by atoms with Crippen molar-refractivity contribution in [2.24, 2.45) is 0 Å². The van der Waals surface area contributed by atoms with Crippen LogP contribution in [0.2, 0.25) is 0 Å². The number of hydrogen-bond acceptors (Lipinski definition) is 5. The van der Waals surface area contributed by atoms with Gasteiger partial charge >= 0.3 is 23.6 Å². The molecule has 1 N–H and O–H groups in total. The molecule has 1 aromatic carbocycles. The molecule has 1 atom stereocenters. The minimum absolute atomic E-state index is 0.111. The minimum Gasteiger partial charge on any atom is -0.478 e. The molecule has 0 aliphatic carbocycles. The highest BCUT2D eigenvalue weighted by atomic mass is 19.1. The van der Waals surface area contributed by atoms with E-state index in [2.05, 4.69) is 4.74 Å². The normalized spacial score (nSPS) is 13.8. The van der Waals surface area contributed by atoms with Crippen molar-refractivity contribution in [3.8, 4) is 0 Å². The van der Waals surface area contributed by atoms with Gasteiger partial charge in [-0.2, -0.15) is 0 Å². The molecule has 0 heterocycles. The third kappa shape index (κ3) is 4.28. The van der Waals surface area contributed by atoms with Crippen LogP contribution in [0, 0.1) is 0 Å². The second-order valence-electron chi connectivity index (χ2n) is 5.76. The molecule has 0 spiro atoms. The Morgan fingerprint density at radius 2 is 1.65 bits per heavy atom. The van der Waals surface area contributed by atoms with Crippen LogP contribution < -0.4 is 0 Å². The van der Waals surface area contributed by atoms with E-state index in [1.54, 1.807) is 20.8 Å². The van der Waals surface area contributed by atoms with Gasteiger partial charge in [0, 0.05) is 5.56 Å². The average molecular weight is 326 g/mol. The smallest absolute Gasteiger partial charge is 0.360 e. The Balaban J connectivity index is 3.12. The highest BCUT2D eigenvalue weighted by Crippen LogP contribution is 2.29. The van der Waals surface area contributed by atoms with Crippen molar-refractivity contribution in [1.29, 1.82) is 0 Å². The number of ether oxygens (including phenoxy) is 2. The summed E-state index contributed by atoms with van der Waals surface area (Å²) in [5, 5.41) is 9.05. The molecule has 0 aromatic heterocycles. The van der Waals surface area contributed by atoms with Gasteiger partial charge in [-0.25, -0.2) is 18.8 Å². The van der Waals surface area contributed by atoms with Crippen LogP contribution in [0.3, 0.4) is 0 Å². The molecular weight excluding hydrogens is 307 g/mol. The van der Waals surface area contributed by atoms with E-state index in [-0.39, 0.29) is 12.2 Å². The molecule has 0 fully saturated rings. The van der Waals surface area contributed by atoms with E-state index >= 15 is 0 Å².